The first-order chi connectivity index (χ1) is 15.2. The van der Waals surface area contributed by atoms with Crippen LogP contribution in [0.25, 0.3) is 0 Å². The van der Waals surface area contributed by atoms with Gasteiger partial charge in [0, 0.05) is 5.92 Å². The molecule has 0 bridgehead atoms. The van der Waals surface area contributed by atoms with Gasteiger partial charge in [0.05, 0.1) is 11.6 Å². The van der Waals surface area contributed by atoms with E-state index < -0.39 is 23.7 Å². The Labute approximate surface area is 190 Å². The molecule has 5 nitrogen and oxygen atoms in total. The van der Waals surface area contributed by atoms with Crippen LogP contribution < -0.4 is 5.32 Å². The lowest BCUT2D eigenvalue weighted by molar-refractivity contribution is -0.147. The van der Waals surface area contributed by atoms with Gasteiger partial charge in [-0.15, -0.1) is 0 Å². The fraction of sp³-hybridized carbons (Fsp3) is 0.407. The Balaban J connectivity index is 1.76. The molecule has 1 amide bonds. The van der Waals surface area contributed by atoms with Crippen molar-refractivity contribution in [1.29, 1.82) is 0 Å². The Morgan fingerprint density at radius 1 is 0.969 bits per heavy atom. The molecule has 1 aliphatic rings. The third kappa shape index (κ3) is 6.46. The monoisotopic (exact) mass is 435 g/mol. The summed E-state index contributed by atoms with van der Waals surface area (Å²) >= 11 is 0. The zero-order valence-corrected chi connectivity index (χ0v) is 19.2. The van der Waals surface area contributed by atoms with Crippen LogP contribution in [-0.4, -0.2) is 23.8 Å². The number of nitrogens with one attached hydrogen (secondary N) is 1. The molecule has 1 N–H and O–H groups in total. The van der Waals surface area contributed by atoms with E-state index in [-0.39, 0.29) is 17.6 Å². The first kappa shape index (κ1) is 23.6. The molecule has 5 heteroatoms. The van der Waals surface area contributed by atoms with Crippen molar-refractivity contribution in [3.63, 3.8) is 0 Å². The molecular weight excluding hydrogens is 402 g/mol. The normalized spacial score (nSPS) is 19.5. The van der Waals surface area contributed by atoms with E-state index in [2.05, 4.69) is 24.0 Å². The smallest absolute Gasteiger partial charge is 0.408 e. The van der Waals surface area contributed by atoms with Crippen molar-refractivity contribution in [2.75, 3.05) is 0 Å². The van der Waals surface area contributed by atoms with E-state index in [0.717, 1.165) is 31.2 Å². The molecule has 32 heavy (non-hydrogen) atoms. The highest BCUT2D eigenvalue weighted by Crippen LogP contribution is 2.36. The summed E-state index contributed by atoms with van der Waals surface area (Å²) in [4.78, 5) is 25.6. The van der Waals surface area contributed by atoms with E-state index in [0.29, 0.717) is 0 Å². The van der Waals surface area contributed by atoms with Crippen LogP contribution in [0.2, 0.25) is 0 Å². The number of carbonyl (C=O) groups is 2. The molecule has 3 rings (SSSR count). The quantitative estimate of drug-likeness (QED) is 0.441. The maximum Gasteiger partial charge on any atom is 0.408 e. The second-order valence-corrected chi connectivity index (χ2v) is 9.26. The van der Waals surface area contributed by atoms with Crippen LogP contribution in [0.15, 0.2) is 72.8 Å². The topological polar surface area (TPSA) is 64.6 Å². The van der Waals surface area contributed by atoms with Crippen LogP contribution in [0, 0.1) is 0 Å². The number of esters is 1. The van der Waals surface area contributed by atoms with Gasteiger partial charge in [-0.3, -0.25) is 0 Å². The van der Waals surface area contributed by atoms with Gasteiger partial charge in [-0.1, -0.05) is 73.7 Å². The van der Waals surface area contributed by atoms with E-state index in [4.69, 9.17) is 9.47 Å². The van der Waals surface area contributed by atoms with Gasteiger partial charge in [0.1, 0.15) is 11.7 Å². The highest BCUT2D eigenvalue weighted by atomic mass is 16.6. The number of carbonyl (C=O) groups excluding carboxylic acids is 2. The summed E-state index contributed by atoms with van der Waals surface area (Å²) < 4.78 is 11.4. The third-order valence-electron chi connectivity index (χ3n) is 5.59. The van der Waals surface area contributed by atoms with Gasteiger partial charge in [0.2, 0.25) is 0 Å². The Morgan fingerprint density at radius 2 is 1.56 bits per heavy atom. The summed E-state index contributed by atoms with van der Waals surface area (Å²) in [6.45, 7) is 9.37. The zero-order chi connectivity index (χ0) is 23.1. The van der Waals surface area contributed by atoms with Gasteiger partial charge >= 0.3 is 12.1 Å². The number of alkyl carbamates (subject to hydrolysis) is 1. The van der Waals surface area contributed by atoms with Crippen LogP contribution in [0.4, 0.5) is 4.79 Å². The van der Waals surface area contributed by atoms with Gasteiger partial charge in [0.25, 0.3) is 0 Å². The largest absolute Gasteiger partial charge is 0.458 e. The van der Waals surface area contributed by atoms with Gasteiger partial charge in [-0.2, -0.15) is 0 Å². The molecule has 2 aromatic rings. The number of hydrogen-bond acceptors (Lipinski definition) is 4. The molecule has 0 unspecified atom stereocenters. The van der Waals surface area contributed by atoms with Crippen molar-refractivity contribution in [1.82, 2.24) is 5.32 Å². The highest BCUT2D eigenvalue weighted by molar-refractivity contribution is 5.90. The van der Waals surface area contributed by atoms with Crippen LogP contribution in [0.3, 0.4) is 0 Å². The maximum absolute atomic E-state index is 13.2. The first-order valence-electron chi connectivity index (χ1n) is 11.2. The summed E-state index contributed by atoms with van der Waals surface area (Å²) in [7, 11) is 0. The molecule has 0 aromatic heterocycles. The number of hydrogen-bond donors (Lipinski definition) is 1. The molecule has 1 saturated carbocycles. The summed E-state index contributed by atoms with van der Waals surface area (Å²) in [5.74, 6) is -0.335. The van der Waals surface area contributed by atoms with E-state index in [1.54, 1.807) is 20.8 Å². The summed E-state index contributed by atoms with van der Waals surface area (Å²) in [6.07, 6.45) is 3.10. The van der Waals surface area contributed by atoms with Crippen molar-refractivity contribution in [2.24, 2.45) is 0 Å². The summed E-state index contributed by atoms with van der Waals surface area (Å²) in [5, 5.41) is 2.79. The molecule has 0 heterocycles. The molecule has 170 valence electrons. The van der Waals surface area contributed by atoms with E-state index in [1.807, 2.05) is 48.5 Å². The molecule has 0 radical (unpaired) electrons. The van der Waals surface area contributed by atoms with Gasteiger partial charge in [-0.05, 0) is 51.2 Å². The second kappa shape index (κ2) is 10.5. The molecule has 0 saturated heterocycles. The predicted octanol–water partition coefficient (Wildman–Crippen LogP) is 6.08. The SMILES string of the molecule is C=C(C(=O)O[C@@H]1CCCC[C@H]1c1ccccc1)[C@@H](NC(=O)OC(C)(C)C)c1ccccc1. The average molecular weight is 436 g/mol. The number of amides is 1. The fourth-order valence-electron chi connectivity index (χ4n) is 4.09. The van der Waals surface area contributed by atoms with E-state index >= 15 is 0 Å². The lowest BCUT2D eigenvalue weighted by Crippen LogP contribution is -2.38. The lowest BCUT2D eigenvalue weighted by Gasteiger charge is -2.32. The van der Waals surface area contributed by atoms with Gasteiger partial charge in [0.15, 0.2) is 0 Å². The zero-order valence-electron chi connectivity index (χ0n) is 19.2. The molecule has 1 fully saturated rings. The van der Waals surface area contributed by atoms with Crippen molar-refractivity contribution in [3.8, 4) is 0 Å². The Bertz CT molecular complexity index is 918. The van der Waals surface area contributed by atoms with Gasteiger partial charge in [-0.25, -0.2) is 9.59 Å². The van der Waals surface area contributed by atoms with Crippen LogP contribution in [-0.2, 0) is 14.3 Å². The predicted molar refractivity (Wildman–Crippen MR) is 125 cm³/mol. The van der Waals surface area contributed by atoms with Crippen molar-refractivity contribution in [3.05, 3.63) is 83.9 Å². The minimum atomic E-state index is -0.739. The van der Waals surface area contributed by atoms with Crippen LogP contribution in [0.1, 0.15) is 69.5 Å². The molecule has 0 spiro atoms. The highest BCUT2D eigenvalue weighted by Gasteiger charge is 2.32. The average Bonchev–Trinajstić information content (AvgIpc) is 2.77. The number of benzene rings is 2. The first-order valence-corrected chi connectivity index (χ1v) is 11.2. The van der Waals surface area contributed by atoms with Gasteiger partial charge < -0.3 is 14.8 Å². The standard InChI is InChI=1S/C27H33NO4/c1-19(24(21-15-9-6-10-16-21)28-26(30)32-27(2,3)4)25(29)31-23-18-12-11-17-22(23)20-13-7-5-8-14-20/h5-10,13-16,22-24H,1,11-12,17-18H2,2-4H3,(H,28,30)/t22-,23+,24+/m0/s1. The molecule has 0 aliphatic heterocycles. The Hall–Kier alpha value is -3.08. The summed E-state index contributed by atoms with van der Waals surface area (Å²) in [5.41, 5.74) is 1.45. The minimum Gasteiger partial charge on any atom is -0.458 e. The van der Waals surface area contributed by atoms with Crippen molar-refractivity contribution in [2.45, 2.75) is 70.1 Å². The van der Waals surface area contributed by atoms with Crippen LogP contribution >= 0.6 is 0 Å². The minimum absolute atomic E-state index is 0.163. The Morgan fingerprint density at radius 3 is 2.19 bits per heavy atom. The number of rotatable bonds is 6. The van der Waals surface area contributed by atoms with Crippen molar-refractivity contribution < 1.29 is 19.1 Å². The Kier molecular flexibility index (Phi) is 7.73. The molecule has 3 atom stereocenters. The molecule has 2 aromatic carbocycles. The third-order valence-corrected chi connectivity index (χ3v) is 5.59. The second-order valence-electron chi connectivity index (χ2n) is 9.26. The fourth-order valence-corrected chi connectivity index (χ4v) is 4.09. The van der Waals surface area contributed by atoms with E-state index in [1.165, 1.54) is 5.56 Å². The van der Waals surface area contributed by atoms with Crippen molar-refractivity contribution >= 4 is 12.1 Å². The summed E-state index contributed by atoms with van der Waals surface area (Å²) in [6, 6.07) is 18.7. The molecular formula is C27H33NO4. The number of ether oxygens (including phenoxy) is 2. The lowest BCUT2D eigenvalue weighted by atomic mass is 9.81. The van der Waals surface area contributed by atoms with Crippen LogP contribution in [0.5, 0.6) is 0 Å². The maximum atomic E-state index is 13.2. The van der Waals surface area contributed by atoms with E-state index in [9.17, 15) is 9.59 Å². The molecule has 1 aliphatic carbocycles.